The third-order valence-corrected chi connectivity index (χ3v) is 6.68. The SMILES string of the molecule is Cc1ccc(CC2CCC(C(=O)N3OCC[C@H]3c3cncc(C#N)c3)CC2)cc1C(N)=O. The Morgan fingerprint density at radius 2 is 1.97 bits per heavy atom. The summed E-state index contributed by atoms with van der Waals surface area (Å²) in [6.45, 7) is 2.37. The molecule has 0 spiro atoms. The van der Waals surface area contributed by atoms with Gasteiger partial charge in [0.25, 0.3) is 0 Å². The van der Waals surface area contributed by atoms with E-state index in [1.54, 1.807) is 12.3 Å². The van der Waals surface area contributed by atoms with Crippen LogP contribution in [0.5, 0.6) is 0 Å². The van der Waals surface area contributed by atoms with E-state index in [2.05, 4.69) is 17.1 Å². The van der Waals surface area contributed by atoms with Gasteiger partial charge in [0, 0.05) is 30.3 Å². The molecule has 1 saturated carbocycles. The molecule has 2 heterocycles. The lowest BCUT2D eigenvalue weighted by Crippen LogP contribution is -2.36. The summed E-state index contributed by atoms with van der Waals surface area (Å²) in [4.78, 5) is 34.7. The number of benzene rings is 1. The van der Waals surface area contributed by atoms with Crippen LogP contribution < -0.4 is 5.73 Å². The summed E-state index contributed by atoms with van der Waals surface area (Å²) < 4.78 is 0. The highest BCUT2D eigenvalue weighted by atomic mass is 16.7. The average molecular weight is 433 g/mol. The van der Waals surface area contributed by atoms with Crippen molar-refractivity contribution in [2.24, 2.45) is 17.6 Å². The minimum absolute atomic E-state index is 0.0275. The van der Waals surface area contributed by atoms with Crippen molar-refractivity contribution in [2.45, 2.75) is 51.5 Å². The van der Waals surface area contributed by atoms with Gasteiger partial charge in [0.1, 0.15) is 6.07 Å². The zero-order chi connectivity index (χ0) is 22.7. The molecule has 0 radical (unpaired) electrons. The lowest BCUT2D eigenvalue weighted by Gasteiger charge is -2.32. The molecule has 0 unspecified atom stereocenters. The number of rotatable bonds is 5. The molecule has 1 aromatic carbocycles. The van der Waals surface area contributed by atoms with Crippen molar-refractivity contribution in [3.05, 3.63) is 64.5 Å². The van der Waals surface area contributed by atoms with Crippen LogP contribution in [-0.4, -0.2) is 28.5 Å². The van der Waals surface area contributed by atoms with E-state index in [-0.39, 0.29) is 17.9 Å². The fourth-order valence-corrected chi connectivity index (χ4v) is 4.88. The van der Waals surface area contributed by atoms with Gasteiger partial charge in [-0.15, -0.1) is 0 Å². The predicted octanol–water partition coefficient (Wildman–Crippen LogP) is 3.61. The first-order valence-electron chi connectivity index (χ1n) is 11.2. The number of nitrogens with zero attached hydrogens (tertiary/aromatic N) is 3. The van der Waals surface area contributed by atoms with Gasteiger partial charge in [0.15, 0.2) is 0 Å². The number of primary amides is 1. The fourth-order valence-electron chi connectivity index (χ4n) is 4.88. The summed E-state index contributed by atoms with van der Waals surface area (Å²) in [5.41, 5.74) is 9.40. The van der Waals surface area contributed by atoms with Crippen LogP contribution in [0.1, 0.15) is 70.8 Å². The Hall–Kier alpha value is -3.24. The number of pyridine rings is 1. The third kappa shape index (κ3) is 4.66. The smallest absolute Gasteiger partial charge is 0.249 e. The maximum Gasteiger partial charge on any atom is 0.249 e. The number of nitrogens with two attached hydrogens (primary N) is 1. The molecule has 32 heavy (non-hydrogen) atoms. The van der Waals surface area contributed by atoms with Crippen molar-refractivity contribution in [2.75, 3.05) is 6.61 Å². The number of aromatic nitrogens is 1. The zero-order valence-electron chi connectivity index (χ0n) is 18.3. The van der Waals surface area contributed by atoms with Crippen molar-refractivity contribution >= 4 is 11.8 Å². The first-order chi connectivity index (χ1) is 15.5. The van der Waals surface area contributed by atoms with Crippen LogP contribution in [0, 0.1) is 30.1 Å². The van der Waals surface area contributed by atoms with E-state index >= 15 is 0 Å². The Morgan fingerprint density at radius 3 is 2.69 bits per heavy atom. The van der Waals surface area contributed by atoms with E-state index in [0.717, 1.165) is 48.8 Å². The van der Waals surface area contributed by atoms with Crippen LogP contribution >= 0.6 is 0 Å². The first kappa shape index (κ1) is 22.0. The molecule has 1 aromatic heterocycles. The normalized spacial score (nSPS) is 23.0. The molecule has 1 aliphatic carbocycles. The molecule has 0 bridgehead atoms. The number of amides is 2. The summed E-state index contributed by atoms with van der Waals surface area (Å²) in [6, 6.07) is 9.61. The lowest BCUT2D eigenvalue weighted by atomic mass is 9.78. The van der Waals surface area contributed by atoms with E-state index in [1.165, 1.54) is 11.3 Å². The number of hydrogen-bond acceptors (Lipinski definition) is 5. The molecule has 7 nitrogen and oxygen atoms in total. The lowest BCUT2D eigenvalue weighted by molar-refractivity contribution is -0.183. The highest BCUT2D eigenvalue weighted by Gasteiger charge is 2.37. The number of hydrogen-bond donors (Lipinski definition) is 1. The number of carbonyl (C=O) groups is 2. The summed E-state index contributed by atoms with van der Waals surface area (Å²) in [6.07, 6.45) is 8.37. The van der Waals surface area contributed by atoms with Crippen molar-refractivity contribution < 1.29 is 14.4 Å². The zero-order valence-corrected chi connectivity index (χ0v) is 18.3. The first-order valence-corrected chi connectivity index (χ1v) is 11.2. The summed E-state index contributed by atoms with van der Waals surface area (Å²) in [5, 5.41) is 10.7. The second kappa shape index (κ2) is 9.49. The third-order valence-electron chi connectivity index (χ3n) is 6.68. The fraction of sp³-hybridized carbons (Fsp3) is 0.440. The summed E-state index contributed by atoms with van der Waals surface area (Å²) >= 11 is 0. The van der Waals surface area contributed by atoms with Gasteiger partial charge in [-0.3, -0.25) is 19.4 Å². The maximum atomic E-state index is 13.2. The van der Waals surface area contributed by atoms with Gasteiger partial charge >= 0.3 is 0 Å². The molecule has 4 rings (SSSR count). The van der Waals surface area contributed by atoms with Crippen LogP contribution in [0.3, 0.4) is 0 Å². The highest BCUT2D eigenvalue weighted by molar-refractivity contribution is 5.94. The minimum atomic E-state index is -0.394. The van der Waals surface area contributed by atoms with Gasteiger partial charge in [-0.25, -0.2) is 5.06 Å². The van der Waals surface area contributed by atoms with Crippen molar-refractivity contribution in [3.8, 4) is 6.07 Å². The standard InChI is InChI=1S/C25H28N4O3/c1-16-2-3-18(12-22(16)24(27)30)10-17-4-6-20(7-5-17)25(31)29-23(8-9-32-29)21-11-19(13-26)14-28-15-21/h2-3,11-12,14-15,17,20,23H,4-10H2,1H3,(H2,27,30)/t17?,20?,23-/m0/s1. The van der Waals surface area contributed by atoms with E-state index in [0.29, 0.717) is 30.1 Å². The van der Waals surface area contributed by atoms with Gasteiger partial charge in [0.05, 0.1) is 18.2 Å². The van der Waals surface area contributed by atoms with Crippen LogP contribution in [0.15, 0.2) is 36.7 Å². The highest BCUT2D eigenvalue weighted by Crippen LogP contribution is 2.37. The molecule has 1 aliphatic heterocycles. The van der Waals surface area contributed by atoms with E-state index < -0.39 is 5.91 Å². The van der Waals surface area contributed by atoms with Crippen molar-refractivity contribution in [1.29, 1.82) is 5.26 Å². The molecular formula is C25H28N4O3. The molecule has 2 fully saturated rings. The van der Waals surface area contributed by atoms with Crippen molar-refractivity contribution in [3.63, 3.8) is 0 Å². The quantitative estimate of drug-likeness (QED) is 0.776. The van der Waals surface area contributed by atoms with Gasteiger partial charge < -0.3 is 5.73 Å². The van der Waals surface area contributed by atoms with Gasteiger partial charge in [-0.05, 0) is 73.8 Å². The molecule has 166 valence electrons. The van der Waals surface area contributed by atoms with Crippen LogP contribution in [0.2, 0.25) is 0 Å². The van der Waals surface area contributed by atoms with Crippen molar-refractivity contribution in [1.82, 2.24) is 10.0 Å². The largest absolute Gasteiger partial charge is 0.366 e. The number of hydroxylamine groups is 2. The minimum Gasteiger partial charge on any atom is -0.366 e. The van der Waals surface area contributed by atoms with Crippen LogP contribution in [0.25, 0.3) is 0 Å². The molecule has 1 atom stereocenters. The summed E-state index contributed by atoms with van der Waals surface area (Å²) in [5.74, 6) is 0.0569. The van der Waals surface area contributed by atoms with E-state index in [9.17, 15) is 9.59 Å². The van der Waals surface area contributed by atoms with Gasteiger partial charge in [0.2, 0.25) is 11.8 Å². The molecule has 2 aromatic rings. The predicted molar refractivity (Wildman–Crippen MR) is 118 cm³/mol. The Kier molecular flexibility index (Phi) is 6.52. The molecule has 1 saturated heterocycles. The monoisotopic (exact) mass is 432 g/mol. The molecule has 2 aliphatic rings. The van der Waals surface area contributed by atoms with Crippen LogP contribution in [0.4, 0.5) is 0 Å². The molecule has 7 heteroatoms. The maximum absolute atomic E-state index is 13.2. The molecule has 2 amide bonds. The summed E-state index contributed by atoms with van der Waals surface area (Å²) in [7, 11) is 0. The van der Waals surface area contributed by atoms with Gasteiger partial charge in [-0.2, -0.15) is 5.26 Å². The Labute approximate surface area is 188 Å². The second-order valence-corrected chi connectivity index (χ2v) is 8.86. The number of carbonyl (C=O) groups excluding carboxylic acids is 2. The van der Waals surface area contributed by atoms with Crippen LogP contribution in [-0.2, 0) is 16.1 Å². The Balaban J connectivity index is 1.36. The Morgan fingerprint density at radius 1 is 1.19 bits per heavy atom. The molecular weight excluding hydrogens is 404 g/mol. The number of aryl methyl sites for hydroxylation is 1. The second-order valence-electron chi connectivity index (χ2n) is 8.86. The average Bonchev–Trinajstić information content (AvgIpc) is 3.30. The topological polar surface area (TPSA) is 109 Å². The van der Waals surface area contributed by atoms with E-state index in [1.807, 2.05) is 19.1 Å². The molecule has 2 N–H and O–H groups in total. The van der Waals surface area contributed by atoms with Gasteiger partial charge in [-0.1, -0.05) is 12.1 Å². The Bertz CT molecular complexity index is 1050. The van der Waals surface area contributed by atoms with E-state index in [4.69, 9.17) is 15.8 Å². The number of nitriles is 1.